The lowest BCUT2D eigenvalue weighted by Crippen LogP contribution is -2.31. The standard InChI is InChI=1S/C23H24N2O3S/c1-27-18-12-10-16(11-13-18)14-21-22(26)25(17-6-5-7-19(15-17)28-2)23(24-21)29-20-8-3-4-9-20/h5-7,10-15,20H,3-4,8-9H2,1-2H3/b21-14-. The van der Waals surface area contributed by atoms with Crippen molar-refractivity contribution in [2.75, 3.05) is 19.1 Å². The van der Waals surface area contributed by atoms with Crippen LogP contribution in [0.3, 0.4) is 0 Å². The van der Waals surface area contributed by atoms with Crippen molar-refractivity contribution in [3.63, 3.8) is 0 Å². The molecule has 29 heavy (non-hydrogen) atoms. The number of carbonyl (C=O) groups excluding carboxylic acids is 1. The van der Waals surface area contributed by atoms with Gasteiger partial charge in [0.15, 0.2) is 5.17 Å². The first-order valence-corrected chi connectivity index (χ1v) is 10.7. The summed E-state index contributed by atoms with van der Waals surface area (Å²) in [5.74, 6) is 1.38. The average molecular weight is 409 g/mol. The van der Waals surface area contributed by atoms with Gasteiger partial charge in [-0.3, -0.25) is 9.69 Å². The molecular weight excluding hydrogens is 384 g/mol. The highest BCUT2D eigenvalue weighted by atomic mass is 32.2. The Bertz CT molecular complexity index is 947. The molecule has 4 rings (SSSR count). The van der Waals surface area contributed by atoms with E-state index in [-0.39, 0.29) is 5.91 Å². The molecule has 1 aliphatic carbocycles. The van der Waals surface area contributed by atoms with Crippen LogP contribution in [0.25, 0.3) is 6.08 Å². The van der Waals surface area contributed by atoms with Crippen LogP contribution in [0.15, 0.2) is 59.2 Å². The van der Waals surface area contributed by atoms with E-state index >= 15 is 0 Å². The fraction of sp³-hybridized carbons (Fsp3) is 0.304. The molecule has 1 aliphatic heterocycles. The number of benzene rings is 2. The van der Waals surface area contributed by atoms with E-state index in [1.54, 1.807) is 30.9 Å². The van der Waals surface area contributed by atoms with E-state index in [1.165, 1.54) is 25.7 Å². The summed E-state index contributed by atoms with van der Waals surface area (Å²) in [6, 6.07) is 15.2. The molecule has 0 bridgehead atoms. The Morgan fingerprint density at radius 3 is 2.45 bits per heavy atom. The molecule has 0 N–H and O–H groups in total. The summed E-state index contributed by atoms with van der Waals surface area (Å²) in [6.45, 7) is 0. The Morgan fingerprint density at radius 2 is 1.76 bits per heavy atom. The van der Waals surface area contributed by atoms with Gasteiger partial charge in [-0.15, -0.1) is 0 Å². The van der Waals surface area contributed by atoms with Gasteiger partial charge in [0.1, 0.15) is 17.2 Å². The maximum absolute atomic E-state index is 13.3. The van der Waals surface area contributed by atoms with Crippen LogP contribution in [0.1, 0.15) is 31.2 Å². The zero-order chi connectivity index (χ0) is 20.2. The van der Waals surface area contributed by atoms with Crippen molar-refractivity contribution in [3.8, 4) is 11.5 Å². The highest BCUT2D eigenvalue weighted by molar-refractivity contribution is 8.14. The number of ether oxygens (including phenoxy) is 2. The van der Waals surface area contributed by atoms with E-state index in [0.717, 1.165) is 22.2 Å². The van der Waals surface area contributed by atoms with Gasteiger partial charge in [0, 0.05) is 11.3 Å². The van der Waals surface area contributed by atoms with Gasteiger partial charge in [-0.2, -0.15) is 0 Å². The number of carbonyl (C=O) groups is 1. The van der Waals surface area contributed by atoms with E-state index in [0.29, 0.717) is 16.7 Å². The first kappa shape index (κ1) is 19.6. The summed E-state index contributed by atoms with van der Waals surface area (Å²) < 4.78 is 10.6. The lowest BCUT2D eigenvalue weighted by Gasteiger charge is -2.20. The normalized spacial score (nSPS) is 18.4. The highest BCUT2D eigenvalue weighted by Gasteiger charge is 2.34. The highest BCUT2D eigenvalue weighted by Crippen LogP contribution is 2.37. The number of nitrogens with zero attached hydrogens (tertiary/aromatic N) is 2. The van der Waals surface area contributed by atoms with Gasteiger partial charge in [0.25, 0.3) is 5.91 Å². The van der Waals surface area contributed by atoms with Crippen LogP contribution in [0.4, 0.5) is 5.69 Å². The first-order valence-electron chi connectivity index (χ1n) is 9.77. The van der Waals surface area contributed by atoms with Crippen LogP contribution in [0, 0.1) is 0 Å². The second kappa shape index (κ2) is 8.74. The van der Waals surface area contributed by atoms with Gasteiger partial charge >= 0.3 is 0 Å². The summed E-state index contributed by atoms with van der Waals surface area (Å²) in [4.78, 5) is 19.7. The number of aliphatic imine (C=N–C) groups is 1. The molecule has 0 radical (unpaired) electrons. The number of hydrogen-bond acceptors (Lipinski definition) is 5. The first-order chi connectivity index (χ1) is 14.2. The third-order valence-corrected chi connectivity index (χ3v) is 6.42. The largest absolute Gasteiger partial charge is 0.497 e. The Kier molecular flexibility index (Phi) is 5.90. The van der Waals surface area contributed by atoms with E-state index < -0.39 is 0 Å². The predicted molar refractivity (Wildman–Crippen MR) is 119 cm³/mol. The number of thioether (sulfide) groups is 1. The second-order valence-corrected chi connectivity index (χ2v) is 8.33. The molecule has 150 valence electrons. The third-order valence-electron chi connectivity index (χ3n) is 5.13. The van der Waals surface area contributed by atoms with Crippen molar-refractivity contribution < 1.29 is 14.3 Å². The van der Waals surface area contributed by atoms with Crippen LogP contribution in [0.5, 0.6) is 11.5 Å². The van der Waals surface area contributed by atoms with E-state index in [4.69, 9.17) is 14.5 Å². The monoisotopic (exact) mass is 408 g/mol. The summed E-state index contributed by atoms with van der Waals surface area (Å²) in [7, 11) is 3.26. The lowest BCUT2D eigenvalue weighted by molar-refractivity contribution is -0.113. The molecule has 6 heteroatoms. The number of rotatable bonds is 5. The number of anilines is 1. The summed E-state index contributed by atoms with van der Waals surface area (Å²) >= 11 is 1.71. The van der Waals surface area contributed by atoms with Gasteiger partial charge in [-0.25, -0.2) is 4.99 Å². The molecule has 2 aliphatic rings. The van der Waals surface area contributed by atoms with Crippen LogP contribution in [-0.2, 0) is 4.79 Å². The molecular formula is C23H24N2O3S. The van der Waals surface area contributed by atoms with Crippen LogP contribution < -0.4 is 14.4 Å². The molecule has 1 amide bonds. The minimum absolute atomic E-state index is 0.116. The number of methoxy groups -OCH3 is 2. The van der Waals surface area contributed by atoms with Gasteiger partial charge in [0.05, 0.1) is 19.9 Å². The Labute approximate surface area is 175 Å². The molecule has 5 nitrogen and oxygen atoms in total. The molecule has 2 aromatic carbocycles. The van der Waals surface area contributed by atoms with E-state index in [1.807, 2.05) is 54.6 Å². The molecule has 0 atom stereocenters. The van der Waals surface area contributed by atoms with Crippen molar-refractivity contribution in [1.82, 2.24) is 0 Å². The van der Waals surface area contributed by atoms with Crippen molar-refractivity contribution >= 4 is 34.6 Å². The zero-order valence-corrected chi connectivity index (χ0v) is 17.4. The maximum Gasteiger partial charge on any atom is 0.283 e. The smallest absolute Gasteiger partial charge is 0.283 e. The lowest BCUT2D eigenvalue weighted by atomic mass is 10.2. The minimum atomic E-state index is -0.116. The number of amides is 1. The van der Waals surface area contributed by atoms with Crippen molar-refractivity contribution in [2.45, 2.75) is 30.9 Å². The van der Waals surface area contributed by atoms with Crippen molar-refractivity contribution in [3.05, 3.63) is 59.8 Å². The molecule has 1 heterocycles. The van der Waals surface area contributed by atoms with E-state index in [9.17, 15) is 4.79 Å². The van der Waals surface area contributed by atoms with Crippen LogP contribution >= 0.6 is 11.8 Å². The predicted octanol–water partition coefficient (Wildman–Crippen LogP) is 5.12. The second-order valence-electron chi connectivity index (χ2n) is 7.06. The van der Waals surface area contributed by atoms with Crippen molar-refractivity contribution in [1.29, 1.82) is 0 Å². The summed E-state index contributed by atoms with van der Waals surface area (Å²) in [6.07, 6.45) is 6.65. The van der Waals surface area contributed by atoms with Gasteiger partial charge in [0.2, 0.25) is 0 Å². The topological polar surface area (TPSA) is 51.1 Å². The molecule has 2 aromatic rings. The Balaban J connectivity index is 1.68. The Hall–Kier alpha value is -2.73. The average Bonchev–Trinajstić information content (AvgIpc) is 3.37. The third kappa shape index (κ3) is 4.32. The molecule has 0 saturated heterocycles. The summed E-state index contributed by atoms with van der Waals surface area (Å²) in [5.41, 5.74) is 2.13. The minimum Gasteiger partial charge on any atom is -0.497 e. The van der Waals surface area contributed by atoms with Crippen molar-refractivity contribution in [2.24, 2.45) is 4.99 Å². The molecule has 1 fully saturated rings. The van der Waals surface area contributed by atoms with E-state index in [2.05, 4.69) is 0 Å². The van der Waals surface area contributed by atoms with Gasteiger partial charge in [-0.05, 0) is 48.7 Å². The Morgan fingerprint density at radius 1 is 1.03 bits per heavy atom. The maximum atomic E-state index is 13.3. The molecule has 1 saturated carbocycles. The van der Waals surface area contributed by atoms with Crippen LogP contribution in [0.2, 0.25) is 0 Å². The molecule has 0 unspecified atom stereocenters. The van der Waals surface area contributed by atoms with Gasteiger partial charge in [-0.1, -0.05) is 42.8 Å². The SMILES string of the molecule is COc1ccc(/C=C2\N=C(SC3CCCC3)N(c3cccc(OC)c3)C2=O)cc1. The fourth-order valence-corrected chi connectivity index (χ4v) is 4.88. The zero-order valence-electron chi connectivity index (χ0n) is 16.6. The van der Waals surface area contributed by atoms with Gasteiger partial charge < -0.3 is 9.47 Å². The molecule has 0 aromatic heterocycles. The number of amidine groups is 1. The molecule has 0 spiro atoms. The quantitative estimate of drug-likeness (QED) is 0.644. The summed E-state index contributed by atoms with van der Waals surface area (Å²) in [5, 5.41) is 1.25. The van der Waals surface area contributed by atoms with Crippen LogP contribution in [-0.4, -0.2) is 30.5 Å². The number of hydrogen-bond donors (Lipinski definition) is 0. The fourth-order valence-electron chi connectivity index (χ4n) is 3.57.